The molecule has 2 atom stereocenters. The summed E-state index contributed by atoms with van der Waals surface area (Å²) >= 11 is 0. The Kier molecular flexibility index (Phi) is 5.89. The summed E-state index contributed by atoms with van der Waals surface area (Å²) in [7, 11) is 0. The third-order valence-corrected chi connectivity index (χ3v) is 5.39. The topological polar surface area (TPSA) is 66.9 Å². The van der Waals surface area contributed by atoms with Gasteiger partial charge in [0.15, 0.2) is 0 Å². The molecule has 27 heavy (non-hydrogen) atoms. The summed E-state index contributed by atoms with van der Waals surface area (Å²) in [6.45, 7) is 8.17. The van der Waals surface area contributed by atoms with Crippen LogP contribution in [0.2, 0.25) is 0 Å². The second kappa shape index (κ2) is 8.33. The highest BCUT2D eigenvalue weighted by atomic mass is 16.1. The van der Waals surface area contributed by atoms with Gasteiger partial charge in [-0.3, -0.25) is 4.79 Å². The minimum absolute atomic E-state index is 0.0708. The average Bonchev–Trinajstić information content (AvgIpc) is 3.05. The Morgan fingerprint density at radius 1 is 1.30 bits per heavy atom. The quantitative estimate of drug-likeness (QED) is 0.760. The molecule has 2 N–H and O–H groups in total. The van der Waals surface area contributed by atoms with Crippen LogP contribution in [0.15, 0.2) is 54.9 Å². The number of nitrogens with one attached hydrogen (secondary N) is 2. The number of allylic oxidation sites excluding steroid dienone is 1. The molecule has 1 saturated carbocycles. The van der Waals surface area contributed by atoms with Gasteiger partial charge in [-0.15, -0.1) is 0 Å². The van der Waals surface area contributed by atoms with Gasteiger partial charge in [-0.1, -0.05) is 25.6 Å². The van der Waals surface area contributed by atoms with Crippen LogP contribution in [-0.2, 0) is 0 Å². The maximum Gasteiger partial charge on any atom is 0.273 e. The molecule has 0 saturated heterocycles. The summed E-state index contributed by atoms with van der Waals surface area (Å²) in [5.74, 6) is 1.24. The van der Waals surface area contributed by atoms with Crippen molar-refractivity contribution in [1.29, 1.82) is 0 Å². The first-order chi connectivity index (χ1) is 13.0. The van der Waals surface area contributed by atoms with Crippen LogP contribution in [0.4, 0.5) is 5.82 Å². The summed E-state index contributed by atoms with van der Waals surface area (Å²) in [6, 6.07) is 11.4. The Hall–Kier alpha value is -2.69. The van der Waals surface area contributed by atoms with Crippen molar-refractivity contribution in [2.45, 2.75) is 51.5 Å². The van der Waals surface area contributed by atoms with Gasteiger partial charge in [0.25, 0.3) is 5.91 Å². The molecule has 3 rings (SSSR count). The van der Waals surface area contributed by atoms with Gasteiger partial charge >= 0.3 is 0 Å². The summed E-state index contributed by atoms with van der Waals surface area (Å²) in [6.07, 6.45) is 6.93. The summed E-state index contributed by atoms with van der Waals surface area (Å²) in [5, 5.41) is 6.56. The molecule has 1 amide bonds. The largest absolute Gasteiger partial charge is 0.365 e. The van der Waals surface area contributed by atoms with Gasteiger partial charge in [0, 0.05) is 23.1 Å². The number of anilines is 1. The standard InChI is InChI=1S/C22H28N4O/c1-4-22(26-20-10-5-6-13-23-20)12-11-18(15-22)14-17(3)25-21(27)19-9-7-8-16(2)24-19/h5-10,13,18H,3-4,11-12,14-15H2,1-2H3,(H,23,26)(H,25,27). The van der Waals surface area contributed by atoms with Crippen molar-refractivity contribution >= 4 is 11.7 Å². The van der Waals surface area contributed by atoms with Gasteiger partial charge < -0.3 is 10.6 Å². The number of aromatic nitrogens is 2. The molecule has 2 aromatic heterocycles. The Labute approximate surface area is 161 Å². The molecule has 0 spiro atoms. The van der Waals surface area contributed by atoms with Gasteiger partial charge in [-0.05, 0) is 69.2 Å². The first kappa shape index (κ1) is 19.1. The third kappa shape index (κ3) is 4.94. The highest BCUT2D eigenvalue weighted by Crippen LogP contribution is 2.41. The Bertz CT molecular complexity index is 805. The number of nitrogens with zero attached hydrogens (tertiary/aromatic N) is 2. The fourth-order valence-electron chi connectivity index (χ4n) is 3.94. The Morgan fingerprint density at radius 3 is 2.85 bits per heavy atom. The lowest BCUT2D eigenvalue weighted by atomic mass is 9.91. The number of carbonyl (C=O) groups excluding carboxylic acids is 1. The number of amides is 1. The number of carbonyl (C=O) groups is 1. The zero-order chi connectivity index (χ0) is 19.3. The smallest absolute Gasteiger partial charge is 0.273 e. The second-order valence-corrected chi connectivity index (χ2v) is 7.51. The van der Waals surface area contributed by atoms with E-state index in [2.05, 4.69) is 34.1 Å². The monoisotopic (exact) mass is 364 g/mol. The van der Waals surface area contributed by atoms with E-state index in [1.165, 1.54) is 0 Å². The van der Waals surface area contributed by atoms with Crippen molar-refractivity contribution in [3.63, 3.8) is 0 Å². The van der Waals surface area contributed by atoms with Gasteiger partial charge in [0.05, 0.1) is 0 Å². The summed E-state index contributed by atoms with van der Waals surface area (Å²) < 4.78 is 0. The number of hydrogen-bond donors (Lipinski definition) is 2. The molecule has 2 aromatic rings. The normalized spacial score (nSPS) is 21.6. The van der Waals surface area contributed by atoms with E-state index >= 15 is 0 Å². The van der Waals surface area contributed by atoms with E-state index in [1.807, 2.05) is 43.5 Å². The lowest BCUT2D eigenvalue weighted by Crippen LogP contribution is -2.35. The molecule has 2 heterocycles. The summed E-state index contributed by atoms with van der Waals surface area (Å²) in [4.78, 5) is 21.0. The third-order valence-electron chi connectivity index (χ3n) is 5.39. The number of pyridine rings is 2. The zero-order valence-electron chi connectivity index (χ0n) is 16.2. The average molecular weight is 364 g/mol. The van der Waals surface area contributed by atoms with Gasteiger partial charge in [-0.2, -0.15) is 0 Å². The van der Waals surface area contributed by atoms with E-state index in [-0.39, 0.29) is 11.4 Å². The van der Waals surface area contributed by atoms with Gasteiger partial charge in [0.2, 0.25) is 0 Å². The van der Waals surface area contributed by atoms with E-state index in [0.717, 1.165) is 49.3 Å². The minimum atomic E-state index is -0.185. The number of hydrogen-bond acceptors (Lipinski definition) is 4. The highest BCUT2D eigenvalue weighted by Gasteiger charge is 2.38. The van der Waals surface area contributed by atoms with E-state index < -0.39 is 0 Å². The lowest BCUT2D eigenvalue weighted by molar-refractivity contribution is 0.0958. The maximum atomic E-state index is 12.4. The first-order valence-electron chi connectivity index (χ1n) is 9.62. The maximum absolute atomic E-state index is 12.4. The molecule has 1 aliphatic rings. The fraction of sp³-hybridized carbons (Fsp3) is 0.409. The van der Waals surface area contributed by atoms with E-state index in [4.69, 9.17) is 0 Å². The molecule has 142 valence electrons. The van der Waals surface area contributed by atoms with E-state index in [0.29, 0.717) is 11.6 Å². The van der Waals surface area contributed by atoms with Crippen molar-refractivity contribution in [2.24, 2.45) is 5.92 Å². The second-order valence-electron chi connectivity index (χ2n) is 7.51. The molecular formula is C22H28N4O. The van der Waals surface area contributed by atoms with Crippen LogP contribution in [0.25, 0.3) is 0 Å². The molecule has 0 aromatic carbocycles. The SMILES string of the molecule is C=C(CC1CCC(CC)(Nc2ccccn2)C1)NC(=O)c1cccc(C)n1. The van der Waals surface area contributed by atoms with Crippen LogP contribution in [0.3, 0.4) is 0 Å². The predicted octanol–water partition coefficient (Wildman–Crippen LogP) is 4.48. The zero-order valence-corrected chi connectivity index (χ0v) is 16.2. The molecule has 5 heteroatoms. The van der Waals surface area contributed by atoms with Crippen LogP contribution in [0, 0.1) is 12.8 Å². The molecule has 0 radical (unpaired) electrons. The Balaban J connectivity index is 1.55. The molecule has 1 fully saturated rings. The molecule has 5 nitrogen and oxygen atoms in total. The van der Waals surface area contributed by atoms with Crippen molar-refractivity contribution < 1.29 is 4.79 Å². The van der Waals surface area contributed by atoms with Gasteiger partial charge in [0.1, 0.15) is 11.5 Å². The predicted molar refractivity (Wildman–Crippen MR) is 108 cm³/mol. The Morgan fingerprint density at radius 2 is 2.15 bits per heavy atom. The van der Waals surface area contributed by atoms with E-state index in [9.17, 15) is 4.79 Å². The van der Waals surface area contributed by atoms with Crippen LogP contribution in [-0.4, -0.2) is 21.4 Å². The van der Waals surface area contributed by atoms with Crippen LogP contribution >= 0.6 is 0 Å². The van der Waals surface area contributed by atoms with Crippen molar-refractivity contribution in [1.82, 2.24) is 15.3 Å². The van der Waals surface area contributed by atoms with Crippen LogP contribution in [0.1, 0.15) is 55.2 Å². The van der Waals surface area contributed by atoms with Crippen molar-refractivity contribution in [2.75, 3.05) is 5.32 Å². The van der Waals surface area contributed by atoms with Crippen molar-refractivity contribution in [3.8, 4) is 0 Å². The summed E-state index contributed by atoms with van der Waals surface area (Å²) in [5.41, 5.74) is 2.10. The lowest BCUT2D eigenvalue weighted by Gasteiger charge is -2.30. The molecular weight excluding hydrogens is 336 g/mol. The molecule has 0 aliphatic heterocycles. The van der Waals surface area contributed by atoms with Crippen LogP contribution in [0.5, 0.6) is 0 Å². The highest BCUT2D eigenvalue weighted by molar-refractivity contribution is 5.93. The molecule has 1 aliphatic carbocycles. The number of aryl methyl sites for hydroxylation is 1. The van der Waals surface area contributed by atoms with Gasteiger partial charge in [-0.25, -0.2) is 9.97 Å². The van der Waals surface area contributed by atoms with Crippen LogP contribution < -0.4 is 10.6 Å². The molecule has 0 bridgehead atoms. The van der Waals surface area contributed by atoms with Crippen molar-refractivity contribution in [3.05, 3.63) is 66.3 Å². The fourth-order valence-corrected chi connectivity index (χ4v) is 3.94. The number of rotatable bonds is 7. The first-order valence-corrected chi connectivity index (χ1v) is 9.62. The molecule has 2 unspecified atom stereocenters. The minimum Gasteiger partial charge on any atom is -0.365 e. The van der Waals surface area contributed by atoms with E-state index in [1.54, 1.807) is 6.07 Å².